The summed E-state index contributed by atoms with van der Waals surface area (Å²) in [6, 6.07) is 7.60. The third-order valence-electron chi connectivity index (χ3n) is 2.36. The normalized spacial score (nSPS) is 10.3. The summed E-state index contributed by atoms with van der Waals surface area (Å²) < 4.78 is 26.9. The lowest BCUT2D eigenvalue weighted by molar-refractivity contribution is 0.102. The molecule has 1 N–H and O–H groups in total. The molecule has 2 aromatic carbocycles. The highest BCUT2D eigenvalue weighted by atomic mass is 79.9. The van der Waals surface area contributed by atoms with Crippen molar-refractivity contribution in [2.45, 2.75) is 0 Å². The predicted molar refractivity (Wildman–Crippen MR) is 73.5 cm³/mol. The molecular formula is C13H7BrClF2NO. The molecule has 19 heavy (non-hydrogen) atoms. The zero-order chi connectivity index (χ0) is 14.0. The summed E-state index contributed by atoms with van der Waals surface area (Å²) in [6.45, 7) is 0. The first-order valence-electron chi connectivity index (χ1n) is 5.19. The van der Waals surface area contributed by atoms with Gasteiger partial charge in [-0.05, 0) is 30.3 Å². The van der Waals surface area contributed by atoms with Gasteiger partial charge in [-0.2, -0.15) is 0 Å². The number of benzene rings is 2. The van der Waals surface area contributed by atoms with Gasteiger partial charge in [-0.25, -0.2) is 8.78 Å². The van der Waals surface area contributed by atoms with Gasteiger partial charge in [0.1, 0.15) is 11.6 Å². The van der Waals surface area contributed by atoms with Crippen LogP contribution in [0.4, 0.5) is 14.5 Å². The lowest BCUT2D eigenvalue weighted by Gasteiger charge is -2.08. The molecule has 0 saturated heterocycles. The molecule has 0 atom stereocenters. The minimum atomic E-state index is -0.846. The molecule has 0 aliphatic heterocycles. The molecule has 0 fully saturated rings. The van der Waals surface area contributed by atoms with Crippen LogP contribution in [0.25, 0.3) is 0 Å². The van der Waals surface area contributed by atoms with E-state index in [0.29, 0.717) is 6.07 Å². The van der Waals surface area contributed by atoms with Gasteiger partial charge in [0.15, 0.2) is 0 Å². The molecule has 2 rings (SSSR count). The lowest BCUT2D eigenvalue weighted by Crippen LogP contribution is -2.13. The Morgan fingerprint density at radius 1 is 1.16 bits per heavy atom. The fraction of sp³-hybridized carbons (Fsp3) is 0. The van der Waals surface area contributed by atoms with E-state index in [1.54, 1.807) is 12.1 Å². The third kappa shape index (κ3) is 3.30. The summed E-state index contributed by atoms with van der Waals surface area (Å²) in [5, 5.41) is 2.56. The van der Waals surface area contributed by atoms with Crippen LogP contribution in [0.2, 0.25) is 5.02 Å². The van der Waals surface area contributed by atoms with Crippen molar-refractivity contribution >= 4 is 39.1 Å². The molecule has 6 heteroatoms. The second-order valence-corrected chi connectivity index (χ2v) is 5.03. The quantitative estimate of drug-likeness (QED) is 0.844. The van der Waals surface area contributed by atoms with E-state index in [9.17, 15) is 13.6 Å². The Balaban J connectivity index is 2.25. The van der Waals surface area contributed by atoms with Crippen LogP contribution in [-0.4, -0.2) is 5.91 Å². The van der Waals surface area contributed by atoms with Crippen molar-refractivity contribution in [1.82, 2.24) is 0 Å². The molecule has 0 spiro atoms. The predicted octanol–water partition coefficient (Wildman–Crippen LogP) is 4.63. The number of amides is 1. The Morgan fingerprint density at radius 2 is 1.89 bits per heavy atom. The first-order valence-corrected chi connectivity index (χ1v) is 6.36. The smallest absolute Gasteiger partial charge is 0.257 e. The fourth-order valence-corrected chi connectivity index (χ4v) is 2.21. The van der Waals surface area contributed by atoms with Crippen molar-refractivity contribution in [3.63, 3.8) is 0 Å². The summed E-state index contributed by atoms with van der Waals surface area (Å²) in [7, 11) is 0. The van der Waals surface area contributed by atoms with Crippen molar-refractivity contribution in [1.29, 1.82) is 0 Å². The van der Waals surface area contributed by atoms with E-state index in [0.717, 1.165) is 16.6 Å². The van der Waals surface area contributed by atoms with Gasteiger partial charge in [-0.15, -0.1) is 0 Å². The van der Waals surface area contributed by atoms with Crippen molar-refractivity contribution < 1.29 is 13.6 Å². The number of carbonyl (C=O) groups is 1. The van der Waals surface area contributed by atoms with Crippen LogP contribution in [0.5, 0.6) is 0 Å². The third-order valence-corrected chi connectivity index (χ3v) is 3.16. The minimum Gasteiger partial charge on any atom is -0.319 e. The molecule has 0 radical (unpaired) electrons. The van der Waals surface area contributed by atoms with Crippen LogP contribution >= 0.6 is 27.5 Å². The molecule has 0 heterocycles. The molecule has 2 nitrogen and oxygen atoms in total. The number of halogens is 4. The SMILES string of the molecule is O=C(Nc1ccc(F)cc1F)c1ccc(Br)cc1Cl. The molecule has 2 aromatic rings. The monoisotopic (exact) mass is 345 g/mol. The summed E-state index contributed by atoms with van der Waals surface area (Å²) in [5.74, 6) is -2.12. The number of nitrogens with one attached hydrogen (secondary N) is 1. The van der Waals surface area contributed by atoms with Crippen LogP contribution in [0.3, 0.4) is 0 Å². The van der Waals surface area contributed by atoms with E-state index in [4.69, 9.17) is 11.6 Å². The van der Waals surface area contributed by atoms with Crippen LogP contribution in [-0.2, 0) is 0 Å². The van der Waals surface area contributed by atoms with E-state index in [2.05, 4.69) is 21.2 Å². The van der Waals surface area contributed by atoms with Crippen LogP contribution in [0.15, 0.2) is 40.9 Å². The number of anilines is 1. The van der Waals surface area contributed by atoms with Gasteiger partial charge in [0.2, 0.25) is 0 Å². The number of rotatable bonds is 2. The highest BCUT2D eigenvalue weighted by Gasteiger charge is 2.13. The number of hydrogen-bond acceptors (Lipinski definition) is 1. The van der Waals surface area contributed by atoms with Gasteiger partial charge >= 0.3 is 0 Å². The van der Waals surface area contributed by atoms with Gasteiger partial charge in [0, 0.05) is 10.5 Å². The summed E-state index contributed by atoms with van der Waals surface area (Å²) in [5.41, 5.74) is 0.0963. The Morgan fingerprint density at radius 3 is 2.53 bits per heavy atom. The average molecular weight is 347 g/mol. The largest absolute Gasteiger partial charge is 0.319 e. The minimum absolute atomic E-state index is 0.106. The van der Waals surface area contributed by atoms with Crippen molar-refractivity contribution in [3.8, 4) is 0 Å². The van der Waals surface area contributed by atoms with Gasteiger partial charge in [0.05, 0.1) is 16.3 Å². The van der Waals surface area contributed by atoms with E-state index in [1.807, 2.05) is 0 Å². The highest BCUT2D eigenvalue weighted by Crippen LogP contribution is 2.23. The zero-order valence-electron chi connectivity index (χ0n) is 9.38. The maximum Gasteiger partial charge on any atom is 0.257 e. The Labute approximate surface area is 121 Å². The van der Waals surface area contributed by atoms with Gasteiger partial charge < -0.3 is 5.32 Å². The maximum absolute atomic E-state index is 13.4. The molecule has 1 amide bonds. The molecule has 0 aliphatic rings. The van der Waals surface area contributed by atoms with Gasteiger partial charge in [-0.1, -0.05) is 27.5 Å². The van der Waals surface area contributed by atoms with E-state index < -0.39 is 17.5 Å². The van der Waals surface area contributed by atoms with Crippen molar-refractivity contribution in [2.24, 2.45) is 0 Å². The van der Waals surface area contributed by atoms with Crippen LogP contribution in [0, 0.1) is 11.6 Å². The Bertz CT molecular complexity index is 649. The van der Waals surface area contributed by atoms with Crippen molar-refractivity contribution in [3.05, 3.63) is 63.1 Å². The maximum atomic E-state index is 13.4. The first-order chi connectivity index (χ1) is 8.97. The van der Waals surface area contributed by atoms with Crippen molar-refractivity contribution in [2.75, 3.05) is 5.32 Å². The fourth-order valence-electron chi connectivity index (χ4n) is 1.45. The van der Waals surface area contributed by atoms with E-state index >= 15 is 0 Å². The Kier molecular flexibility index (Phi) is 4.17. The Hall–Kier alpha value is -1.46. The summed E-state index contributed by atoms with van der Waals surface area (Å²) in [6.07, 6.45) is 0. The summed E-state index contributed by atoms with van der Waals surface area (Å²) >= 11 is 9.13. The summed E-state index contributed by atoms with van der Waals surface area (Å²) in [4.78, 5) is 11.9. The molecule has 0 bridgehead atoms. The number of hydrogen-bond donors (Lipinski definition) is 1. The molecule has 0 saturated carbocycles. The standard InChI is InChI=1S/C13H7BrClF2NO/c14-7-1-3-9(10(15)5-7)13(19)18-12-4-2-8(16)6-11(12)17/h1-6H,(H,18,19). The molecular weight excluding hydrogens is 340 g/mol. The molecule has 0 unspecified atom stereocenters. The second kappa shape index (κ2) is 5.67. The first kappa shape index (κ1) is 14.0. The topological polar surface area (TPSA) is 29.1 Å². The van der Waals surface area contributed by atoms with Crippen LogP contribution in [0.1, 0.15) is 10.4 Å². The zero-order valence-corrected chi connectivity index (χ0v) is 11.7. The van der Waals surface area contributed by atoms with Gasteiger partial charge in [-0.3, -0.25) is 4.79 Å². The van der Waals surface area contributed by atoms with Crippen LogP contribution < -0.4 is 5.32 Å². The molecule has 0 aliphatic carbocycles. The second-order valence-electron chi connectivity index (χ2n) is 3.70. The highest BCUT2D eigenvalue weighted by molar-refractivity contribution is 9.10. The van der Waals surface area contributed by atoms with Gasteiger partial charge in [0.25, 0.3) is 5.91 Å². The molecule has 98 valence electrons. The number of carbonyl (C=O) groups excluding carboxylic acids is 1. The molecule has 0 aromatic heterocycles. The lowest BCUT2D eigenvalue weighted by atomic mass is 10.2. The van der Waals surface area contributed by atoms with E-state index in [1.165, 1.54) is 6.07 Å². The van der Waals surface area contributed by atoms with E-state index in [-0.39, 0.29) is 16.3 Å². The average Bonchev–Trinajstić information content (AvgIpc) is 2.32.